The Morgan fingerprint density at radius 3 is 2.65 bits per heavy atom. The van der Waals surface area contributed by atoms with Crippen molar-refractivity contribution in [1.82, 2.24) is 4.98 Å². The number of aromatic amines is 1. The van der Waals surface area contributed by atoms with E-state index in [2.05, 4.69) is 42.3 Å². The van der Waals surface area contributed by atoms with Crippen LogP contribution < -0.4 is 5.32 Å². The van der Waals surface area contributed by atoms with Crippen molar-refractivity contribution in [2.75, 3.05) is 5.32 Å². The van der Waals surface area contributed by atoms with Crippen LogP contribution in [0.15, 0.2) is 48.7 Å². The number of carboxylic acid groups (broad SMARTS) is 1. The Morgan fingerprint density at radius 2 is 1.91 bits per heavy atom. The normalized spacial score (nSPS) is 18.6. The van der Waals surface area contributed by atoms with Crippen LogP contribution in [0.25, 0.3) is 10.9 Å². The lowest BCUT2D eigenvalue weighted by atomic mass is 9.78. The van der Waals surface area contributed by atoms with Crippen LogP contribution in [-0.4, -0.2) is 16.1 Å². The zero-order valence-corrected chi connectivity index (χ0v) is 13.1. The third kappa shape index (κ3) is 1.88. The predicted molar refractivity (Wildman–Crippen MR) is 91.1 cm³/mol. The van der Waals surface area contributed by atoms with Gasteiger partial charge in [-0.25, -0.2) is 4.79 Å². The molecule has 0 saturated carbocycles. The highest BCUT2D eigenvalue weighted by Crippen LogP contribution is 2.49. The number of hydrogen-bond acceptors (Lipinski definition) is 2. The van der Waals surface area contributed by atoms with Gasteiger partial charge < -0.3 is 15.4 Å². The molecule has 23 heavy (non-hydrogen) atoms. The molecule has 0 spiro atoms. The first-order chi connectivity index (χ1) is 11.0. The molecule has 3 aromatic rings. The number of rotatable bonds is 2. The summed E-state index contributed by atoms with van der Waals surface area (Å²) in [5.74, 6) is -0.911. The molecule has 0 amide bonds. The minimum absolute atomic E-state index is 0.0784. The first-order valence-electron chi connectivity index (χ1n) is 7.69. The molecule has 116 valence electrons. The first kappa shape index (κ1) is 13.9. The smallest absolute Gasteiger partial charge is 0.337 e. The molecule has 2 heterocycles. The number of benzene rings is 2. The van der Waals surface area contributed by atoms with E-state index in [1.807, 2.05) is 18.3 Å². The third-order valence-electron chi connectivity index (χ3n) is 4.93. The molecule has 1 aliphatic rings. The van der Waals surface area contributed by atoms with Crippen LogP contribution >= 0.6 is 0 Å². The molecule has 0 radical (unpaired) electrons. The van der Waals surface area contributed by atoms with Crippen molar-refractivity contribution in [3.8, 4) is 0 Å². The second-order valence-electron chi connectivity index (χ2n) is 6.62. The number of anilines is 1. The summed E-state index contributed by atoms with van der Waals surface area (Å²) in [5.41, 5.74) is 4.44. The van der Waals surface area contributed by atoms with Crippen molar-refractivity contribution < 1.29 is 9.90 Å². The number of aromatic carboxylic acids is 1. The maximum absolute atomic E-state index is 11.4. The second-order valence-corrected chi connectivity index (χ2v) is 6.62. The van der Waals surface area contributed by atoms with E-state index in [-0.39, 0.29) is 11.5 Å². The average molecular weight is 306 g/mol. The molecule has 1 aliphatic heterocycles. The highest BCUT2D eigenvalue weighted by Gasteiger charge is 2.41. The largest absolute Gasteiger partial charge is 0.478 e. The molecule has 4 heteroatoms. The summed E-state index contributed by atoms with van der Waals surface area (Å²) in [6.07, 6.45) is 1.93. The molecular formula is C19H18N2O2. The first-order valence-corrected chi connectivity index (χ1v) is 7.69. The molecule has 0 fully saturated rings. The van der Waals surface area contributed by atoms with Crippen LogP contribution in [0.5, 0.6) is 0 Å². The summed E-state index contributed by atoms with van der Waals surface area (Å²) in [6.45, 7) is 4.44. The van der Waals surface area contributed by atoms with Gasteiger partial charge in [0.1, 0.15) is 0 Å². The summed E-state index contributed by atoms with van der Waals surface area (Å²) < 4.78 is 0. The Kier molecular flexibility index (Phi) is 2.79. The number of hydrogen-bond donors (Lipinski definition) is 3. The van der Waals surface area contributed by atoms with E-state index in [1.165, 1.54) is 5.56 Å². The zero-order chi connectivity index (χ0) is 16.2. The third-order valence-corrected chi connectivity index (χ3v) is 4.93. The van der Waals surface area contributed by atoms with Gasteiger partial charge in [0.05, 0.1) is 17.1 Å². The summed E-state index contributed by atoms with van der Waals surface area (Å²) in [6, 6.07) is 13.8. The minimum atomic E-state index is -0.911. The number of fused-ring (bicyclic) bond motifs is 2. The topological polar surface area (TPSA) is 65.1 Å². The SMILES string of the molecule is CC1(C)c2ccccc2NC1c1c[nH]c2c(C(=O)O)cccc12. The average Bonchev–Trinajstić information content (AvgIpc) is 3.06. The van der Waals surface area contributed by atoms with Crippen LogP contribution in [0, 0.1) is 0 Å². The van der Waals surface area contributed by atoms with Gasteiger partial charge in [-0.2, -0.15) is 0 Å². The van der Waals surface area contributed by atoms with Gasteiger partial charge in [-0.1, -0.05) is 44.2 Å². The van der Waals surface area contributed by atoms with Crippen LogP contribution in [0.1, 0.15) is 41.4 Å². The van der Waals surface area contributed by atoms with Gasteiger partial charge in [-0.05, 0) is 17.7 Å². The fraction of sp³-hybridized carbons (Fsp3) is 0.211. The molecule has 0 aliphatic carbocycles. The van der Waals surface area contributed by atoms with E-state index in [0.29, 0.717) is 11.1 Å². The number of nitrogens with one attached hydrogen (secondary N) is 2. The van der Waals surface area contributed by atoms with Gasteiger partial charge in [0.2, 0.25) is 0 Å². The van der Waals surface area contributed by atoms with E-state index < -0.39 is 5.97 Å². The number of para-hydroxylation sites is 2. The highest BCUT2D eigenvalue weighted by molar-refractivity contribution is 6.03. The summed E-state index contributed by atoms with van der Waals surface area (Å²) in [4.78, 5) is 14.6. The maximum Gasteiger partial charge on any atom is 0.337 e. The predicted octanol–water partition coefficient (Wildman–Crippen LogP) is 4.31. The molecule has 2 aromatic carbocycles. The van der Waals surface area contributed by atoms with Gasteiger partial charge in [0, 0.05) is 28.2 Å². The Labute approximate surface area is 134 Å². The Hall–Kier alpha value is -2.75. The van der Waals surface area contributed by atoms with E-state index in [4.69, 9.17) is 0 Å². The highest BCUT2D eigenvalue weighted by atomic mass is 16.4. The van der Waals surface area contributed by atoms with Crippen LogP contribution in [0.2, 0.25) is 0 Å². The second kappa shape index (κ2) is 4.62. The number of carbonyl (C=O) groups is 1. The molecule has 1 atom stereocenters. The molecule has 4 rings (SSSR count). The van der Waals surface area contributed by atoms with Crippen molar-refractivity contribution in [1.29, 1.82) is 0 Å². The van der Waals surface area contributed by atoms with Gasteiger partial charge in [-0.3, -0.25) is 0 Å². The lowest BCUT2D eigenvalue weighted by molar-refractivity contribution is 0.0699. The summed E-state index contributed by atoms with van der Waals surface area (Å²) in [5, 5.41) is 13.9. The van der Waals surface area contributed by atoms with Crippen LogP contribution in [0.4, 0.5) is 5.69 Å². The van der Waals surface area contributed by atoms with E-state index in [1.54, 1.807) is 12.1 Å². The maximum atomic E-state index is 11.4. The van der Waals surface area contributed by atoms with Crippen molar-refractivity contribution in [3.05, 3.63) is 65.4 Å². The van der Waals surface area contributed by atoms with Crippen LogP contribution in [-0.2, 0) is 5.41 Å². The lowest BCUT2D eigenvalue weighted by Gasteiger charge is -2.27. The standard InChI is InChI=1S/C19H18N2O2/c1-19(2)14-8-3-4-9-15(14)21-17(19)13-10-20-16-11(13)6-5-7-12(16)18(22)23/h3-10,17,20-21H,1-2H3,(H,22,23). The Balaban J connectivity index is 1.89. The van der Waals surface area contributed by atoms with E-state index >= 15 is 0 Å². The molecule has 1 aromatic heterocycles. The minimum Gasteiger partial charge on any atom is -0.478 e. The van der Waals surface area contributed by atoms with E-state index in [9.17, 15) is 9.90 Å². The van der Waals surface area contributed by atoms with Crippen molar-refractivity contribution in [2.45, 2.75) is 25.3 Å². The van der Waals surface area contributed by atoms with Crippen LogP contribution in [0.3, 0.4) is 0 Å². The zero-order valence-electron chi connectivity index (χ0n) is 13.1. The van der Waals surface area contributed by atoms with Gasteiger partial charge >= 0.3 is 5.97 Å². The van der Waals surface area contributed by atoms with Crippen molar-refractivity contribution in [3.63, 3.8) is 0 Å². The van der Waals surface area contributed by atoms with E-state index in [0.717, 1.165) is 16.6 Å². The Bertz CT molecular complexity index is 924. The van der Waals surface area contributed by atoms with Gasteiger partial charge in [-0.15, -0.1) is 0 Å². The molecule has 3 N–H and O–H groups in total. The fourth-order valence-corrected chi connectivity index (χ4v) is 3.72. The number of carboxylic acids is 1. The molecule has 0 bridgehead atoms. The number of H-pyrrole nitrogens is 1. The van der Waals surface area contributed by atoms with Gasteiger partial charge in [0.25, 0.3) is 0 Å². The Morgan fingerprint density at radius 1 is 1.13 bits per heavy atom. The van der Waals surface area contributed by atoms with Gasteiger partial charge in [0.15, 0.2) is 0 Å². The number of aromatic nitrogens is 1. The molecule has 0 saturated heterocycles. The summed E-state index contributed by atoms with van der Waals surface area (Å²) >= 11 is 0. The monoisotopic (exact) mass is 306 g/mol. The molecule has 4 nitrogen and oxygen atoms in total. The lowest BCUT2D eigenvalue weighted by Crippen LogP contribution is -2.25. The quantitative estimate of drug-likeness (QED) is 0.661. The molecule has 1 unspecified atom stereocenters. The van der Waals surface area contributed by atoms with Crippen molar-refractivity contribution >= 4 is 22.6 Å². The fourth-order valence-electron chi connectivity index (χ4n) is 3.72. The summed E-state index contributed by atoms with van der Waals surface area (Å²) in [7, 11) is 0. The molecular weight excluding hydrogens is 288 g/mol. The van der Waals surface area contributed by atoms with Crippen molar-refractivity contribution in [2.24, 2.45) is 0 Å².